The first kappa shape index (κ1) is 20.0. The van der Waals surface area contributed by atoms with Crippen molar-refractivity contribution in [3.05, 3.63) is 16.2 Å². The predicted octanol–water partition coefficient (Wildman–Crippen LogP) is 2.11. The first-order chi connectivity index (χ1) is 12.1. The average molecular weight is 419 g/mol. The molecule has 1 saturated heterocycles. The van der Waals surface area contributed by atoms with Crippen LogP contribution in [0.4, 0.5) is 0 Å². The molecule has 0 aromatic carbocycles. The highest BCUT2D eigenvalue weighted by atomic mass is 35.5. The number of imidazole rings is 1. The third kappa shape index (κ3) is 3.76. The molecule has 2 aromatic rings. The number of halogens is 1. The second-order valence-corrected chi connectivity index (χ2v) is 12.8. The Hall–Kier alpha value is -0.790. The summed E-state index contributed by atoms with van der Waals surface area (Å²) >= 11 is 7.90. The molecule has 0 aliphatic carbocycles. The maximum Gasteiger partial charge on any atom is 0.279 e. The molecule has 1 aliphatic rings. The average Bonchev–Trinajstić information content (AvgIpc) is 3.04. The minimum atomic E-state index is -1.23. The minimum Gasteiger partial charge on any atom is -0.389 e. The van der Waals surface area contributed by atoms with Crippen LogP contribution in [-0.2, 0) is 4.74 Å². The molecule has 0 amide bonds. The van der Waals surface area contributed by atoms with E-state index in [1.165, 1.54) is 11.8 Å². The lowest BCUT2D eigenvalue weighted by Gasteiger charge is -2.19. The Labute approximate surface area is 161 Å². The van der Waals surface area contributed by atoms with Crippen molar-refractivity contribution in [2.45, 2.75) is 42.3 Å². The molecule has 26 heavy (non-hydrogen) atoms. The van der Waals surface area contributed by atoms with E-state index in [-0.39, 0.29) is 17.2 Å². The van der Waals surface area contributed by atoms with Gasteiger partial charge >= 0.3 is 0 Å². The number of alkyl halides is 1. The zero-order valence-electron chi connectivity index (χ0n) is 15.3. The van der Waals surface area contributed by atoms with Crippen LogP contribution in [0.25, 0.3) is 11.2 Å². The lowest BCUT2D eigenvalue weighted by atomic mass is 10.1. The lowest BCUT2D eigenvalue weighted by Crippen LogP contribution is -2.28. The van der Waals surface area contributed by atoms with Crippen molar-refractivity contribution in [1.82, 2.24) is 19.5 Å². The normalized spacial score (nSPS) is 26.7. The van der Waals surface area contributed by atoms with Gasteiger partial charge in [-0.05, 0) is 39.1 Å². The van der Waals surface area contributed by atoms with Crippen LogP contribution in [0.2, 0.25) is 0 Å². The molecule has 1 aliphatic heterocycles. The first-order valence-electron chi connectivity index (χ1n) is 8.30. The van der Waals surface area contributed by atoms with Crippen LogP contribution in [-0.4, -0.2) is 74.3 Å². The van der Waals surface area contributed by atoms with Crippen LogP contribution in [0.15, 0.2) is 9.95 Å². The number of hydrogen-bond donors (Lipinski definition) is 2. The maximum atomic E-state index is 12.2. The molecule has 2 N–H and O–H groups in total. The second kappa shape index (κ2) is 7.32. The number of aliphatic hydroxyl groups excluding tert-OH is 1. The van der Waals surface area contributed by atoms with Gasteiger partial charge in [0.05, 0.1) is 6.10 Å². The summed E-state index contributed by atoms with van der Waals surface area (Å²) in [6.07, 6.45) is 5.85. The SMILES string of the molecule is C=P(C)(C)CC[C@H]1O[C@@H](n2c(SC)nc3c(=O)[nH]c(C)nc32)[C@H](Cl)[C@@H]1O. The van der Waals surface area contributed by atoms with Crippen LogP contribution < -0.4 is 5.56 Å². The van der Waals surface area contributed by atoms with E-state index in [0.29, 0.717) is 23.0 Å². The van der Waals surface area contributed by atoms with Crippen LogP contribution in [0.3, 0.4) is 0 Å². The molecular weight excluding hydrogens is 395 g/mol. The van der Waals surface area contributed by atoms with Gasteiger partial charge in [-0.2, -0.15) is 0 Å². The molecule has 0 saturated carbocycles. The fourth-order valence-electron chi connectivity index (χ4n) is 3.07. The molecule has 0 spiro atoms. The van der Waals surface area contributed by atoms with Crippen molar-refractivity contribution in [3.8, 4) is 0 Å². The number of fused-ring (bicyclic) bond motifs is 1. The van der Waals surface area contributed by atoms with Gasteiger partial charge in [-0.1, -0.05) is 11.8 Å². The first-order valence-corrected chi connectivity index (χ1v) is 13.0. The van der Waals surface area contributed by atoms with Gasteiger partial charge in [0, 0.05) is 0 Å². The Morgan fingerprint density at radius 2 is 2.15 bits per heavy atom. The standard InChI is InChI=1S/C16H24ClN4O3PS/c1-8-18-13-11(14(23)19-8)20-16(26-5)21(13)15-10(17)12(22)9(24-15)6-7-25(2,3)4/h9-10,12,15,22H,2,6-7H2,1,3-5H3,(H,18,19,23)/t9-,10-,12-,15-/m1/s1. The number of aliphatic hydroxyl groups is 1. The Morgan fingerprint density at radius 1 is 1.46 bits per heavy atom. The second-order valence-electron chi connectivity index (χ2n) is 7.24. The van der Waals surface area contributed by atoms with Gasteiger partial charge in [0.15, 0.2) is 22.5 Å². The molecule has 4 atom stereocenters. The fraction of sp³-hybridized carbons (Fsp3) is 0.625. The molecule has 0 bridgehead atoms. The van der Waals surface area contributed by atoms with Gasteiger partial charge < -0.3 is 14.8 Å². The van der Waals surface area contributed by atoms with Crippen LogP contribution >= 0.6 is 30.2 Å². The Kier molecular flexibility index (Phi) is 5.62. The highest BCUT2D eigenvalue weighted by Crippen LogP contribution is 2.42. The zero-order chi connectivity index (χ0) is 19.2. The molecule has 3 rings (SSSR count). The van der Waals surface area contributed by atoms with E-state index in [1.807, 2.05) is 6.26 Å². The smallest absolute Gasteiger partial charge is 0.279 e. The Balaban J connectivity index is 2.01. The summed E-state index contributed by atoms with van der Waals surface area (Å²) in [5.74, 6) is 0.487. The van der Waals surface area contributed by atoms with E-state index in [9.17, 15) is 9.90 Å². The third-order valence-corrected chi connectivity index (χ3v) is 6.98. The minimum absolute atomic E-state index is 0.246. The van der Waals surface area contributed by atoms with Gasteiger partial charge in [-0.15, -0.1) is 24.8 Å². The molecule has 7 nitrogen and oxygen atoms in total. The number of nitrogens with one attached hydrogen (secondary N) is 1. The van der Waals surface area contributed by atoms with Crippen LogP contribution in [0, 0.1) is 6.92 Å². The van der Waals surface area contributed by atoms with Gasteiger partial charge in [-0.3, -0.25) is 9.36 Å². The summed E-state index contributed by atoms with van der Waals surface area (Å²) in [5, 5.41) is 10.5. The number of aryl methyl sites for hydroxylation is 1. The molecule has 10 heteroatoms. The van der Waals surface area contributed by atoms with Gasteiger partial charge in [-0.25, -0.2) is 9.97 Å². The van der Waals surface area contributed by atoms with Crippen molar-refractivity contribution in [1.29, 1.82) is 0 Å². The highest BCUT2D eigenvalue weighted by Gasteiger charge is 2.45. The number of thioether (sulfide) groups is 1. The van der Waals surface area contributed by atoms with Gasteiger partial charge in [0.2, 0.25) is 0 Å². The maximum absolute atomic E-state index is 12.2. The number of aromatic nitrogens is 4. The molecule has 2 aromatic heterocycles. The van der Waals surface area contributed by atoms with E-state index in [1.54, 1.807) is 11.5 Å². The Bertz CT molecular complexity index is 924. The number of rotatable bonds is 5. The van der Waals surface area contributed by atoms with Gasteiger partial charge in [0.25, 0.3) is 5.56 Å². The quantitative estimate of drug-likeness (QED) is 0.439. The summed E-state index contributed by atoms with van der Waals surface area (Å²) in [5.41, 5.74) is 0.366. The highest BCUT2D eigenvalue weighted by molar-refractivity contribution is 7.98. The molecule has 144 valence electrons. The number of H-pyrrole nitrogens is 1. The largest absolute Gasteiger partial charge is 0.389 e. The Morgan fingerprint density at radius 3 is 2.77 bits per heavy atom. The number of ether oxygens (including phenoxy) is 1. The molecule has 0 unspecified atom stereocenters. The summed E-state index contributed by atoms with van der Waals surface area (Å²) in [7, 11) is 0. The summed E-state index contributed by atoms with van der Waals surface area (Å²) in [6, 6.07) is 0. The number of aromatic amines is 1. The molecule has 1 fully saturated rings. The monoisotopic (exact) mass is 418 g/mol. The van der Waals surface area contributed by atoms with E-state index in [4.69, 9.17) is 16.3 Å². The van der Waals surface area contributed by atoms with E-state index in [2.05, 4.69) is 34.6 Å². The van der Waals surface area contributed by atoms with Crippen molar-refractivity contribution < 1.29 is 9.84 Å². The fourth-order valence-corrected chi connectivity index (χ4v) is 4.93. The van der Waals surface area contributed by atoms with Crippen LogP contribution in [0.1, 0.15) is 18.5 Å². The third-order valence-electron chi connectivity index (χ3n) is 4.39. The number of hydrogen-bond acceptors (Lipinski definition) is 6. The molecule has 3 heterocycles. The van der Waals surface area contributed by atoms with Crippen molar-refractivity contribution in [3.63, 3.8) is 0 Å². The summed E-state index contributed by atoms with van der Waals surface area (Å²) < 4.78 is 7.85. The van der Waals surface area contributed by atoms with E-state index < -0.39 is 24.6 Å². The van der Waals surface area contributed by atoms with Crippen molar-refractivity contribution in [2.24, 2.45) is 0 Å². The molecular formula is C16H24ClN4O3PS. The molecule has 0 radical (unpaired) electrons. The summed E-state index contributed by atoms with van der Waals surface area (Å²) in [4.78, 5) is 23.7. The predicted molar refractivity (Wildman–Crippen MR) is 110 cm³/mol. The topological polar surface area (TPSA) is 93.0 Å². The van der Waals surface area contributed by atoms with Crippen LogP contribution in [0.5, 0.6) is 0 Å². The van der Waals surface area contributed by atoms with E-state index in [0.717, 1.165) is 6.16 Å². The zero-order valence-corrected chi connectivity index (χ0v) is 17.7. The van der Waals surface area contributed by atoms with Gasteiger partial charge in [0.1, 0.15) is 17.3 Å². The van der Waals surface area contributed by atoms with Crippen molar-refractivity contribution >= 4 is 47.7 Å². The number of nitrogens with zero attached hydrogens (tertiary/aromatic N) is 3. The van der Waals surface area contributed by atoms with E-state index >= 15 is 0 Å². The summed E-state index contributed by atoms with van der Waals surface area (Å²) in [6.45, 7) is 4.79. The van der Waals surface area contributed by atoms with Crippen molar-refractivity contribution in [2.75, 3.05) is 25.7 Å². The lowest BCUT2D eigenvalue weighted by molar-refractivity contribution is -0.0209.